The number of hydrogen-bond donors (Lipinski definition) is 1. The lowest BCUT2D eigenvalue weighted by molar-refractivity contribution is 0.0188. The number of carbonyl (C=O) groups excluding carboxylic acids is 1. The second kappa shape index (κ2) is 6.05. The molecule has 0 bridgehead atoms. The van der Waals surface area contributed by atoms with Gasteiger partial charge in [0.2, 0.25) is 0 Å². The molecule has 0 aromatic heterocycles. The summed E-state index contributed by atoms with van der Waals surface area (Å²) >= 11 is 0. The van der Waals surface area contributed by atoms with Crippen molar-refractivity contribution < 1.29 is 9.53 Å². The number of ether oxygens (including phenoxy) is 1. The minimum Gasteiger partial charge on any atom is -0.377 e. The largest absolute Gasteiger partial charge is 0.377 e. The monoisotopic (exact) mass is 238 g/mol. The Hall–Kier alpha value is -1.03. The van der Waals surface area contributed by atoms with Gasteiger partial charge in [0.05, 0.1) is 19.3 Å². The van der Waals surface area contributed by atoms with Crippen LogP contribution in [0, 0.1) is 5.92 Å². The van der Waals surface area contributed by atoms with Crippen molar-refractivity contribution >= 4 is 6.03 Å². The van der Waals surface area contributed by atoms with Gasteiger partial charge in [0.25, 0.3) is 0 Å². The van der Waals surface area contributed by atoms with E-state index in [2.05, 4.69) is 17.5 Å². The minimum absolute atomic E-state index is 0.0651. The maximum atomic E-state index is 12.0. The van der Waals surface area contributed by atoms with Crippen LogP contribution in [0.5, 0.6) is 0 Å². The van der Waals surface area contributed by atoms with Gasteiger partial charge in [-0.2, -0.15) is 0 Å². The molecule has 4 nitrogen and oxygen atoms in total. The molecule has 2 rings (SSSR count). The molecule has 96 valence electrons. The number of amides is 2. The molecule has 0 saturated carbocycles. The third kappa shape index (κ3) is 3.46. The molecule has 1 fully saturated rings. The van der Waals surface area contributed by atoms with Gasteiger partial charge in [0.1, 0.15) is 0 Å². The van der Waals surface area contributed by atoms with Crippen molar-refractivity contribution in [3.63, 3.8) is 0 Å². The SMILES string of the molecule is CC1COCCN1C(=O)NCC1CC=CCC1. The Morgan fingerprint density at radius 2 is 2.41 bits per heavy atom. The summed E-state index contributed by atoms with van der Waals surface area (Å²) in [5.74, 6) is 0.611. The van der Waals surface area contributed by atoms with Crippen molar-refractivity contribution in [2.75, 3.05) is 26.3 Å². The first-order valence-electron chi connectivity index (χ1n) is 6.54. The van der Waals surface area contributed by atoms with E-state index < -0.39 is 0 Å². The highest BCUT2D eigenvalue weighted by atomic mass is 16.5. The smallest absolute Gasteiger partial charge is 0.317 e. The molecule has 1 N–H and O–H groups in total. The molecule has 2 unspecified atom stereocenters. The number of nitrogens with zero attached hydrogens (tertiary/aromatic N) is 1. The van der Waals surface area contributed by atoms with E-state index in [1.165, 1.54) is 6.42 Å². The Kier molecular flexibility index (Phi) is 4.42. The first kappa shape index (κ1) is 12.4. The lowest BCUT2D eigenvalue weighted by Gasteiger charge is -2.33. The van der Waals surface area contributed by atoms with Gasteiger partial charge >= 0.3 is 6.03 Å². The van der Waals surface area contributed by atoms with Crippen LogP contribution in [0.1, 0.15) is 26.2 Å². The Balaban J connectivity index is 1.74. The number of morpholine rings is 1. The van der Waals surface area contributed by atoms with E-state index >= 15 is 0 Å². The van der Waals surface area contributed by atoms with Crippen LogP contribution in [-0.4, -0.2) is 43.3 Å². The number of nitrogens with one attached hydrogen (secondary N) is 1. The van der Waals surface area contributed by atoms with Gasteiger partial charge in [0.15, 0.2) is 0 Å². The normalized spacial score (nSPS) is 29.1. The number of hydrogen-bond acceptors (Lipinski definition) is 2. The molecule has 2 atom stereocenters. The predicted molar refractivity (Wildman–Crippen MR) is 66.9 cm³/mol. The zero-order chi connectivity index (χ0) is 12.1. The summed E-state index contributed by atoms with van der Waals surface area (Å²) in [6, 6.07) is 0.255. The van der Waals surface area contributed by atoms with E-state index in [1.807, 2.05) is 11.8 Å². The van der Waals surface area contributed by atoms with E-state index in [-0.39, 0.29) is 12.1 Å². The molecule has 1 aliphatic carbocycles. The van der Waals surface area contributed by atoms with Crippen LogP contribution < -0.4 is 5.32 Å². The van der Waals surface area contributed by atoms with Crippen molar-refractivity contribution in [2.45, 2.75) is 32.2 Å². The molecule has 0 spiro atoms. The predicted octanol–water partition coefficient (Wildman–Crippen LogP) is 1.77. The van der Waals surface area contributed by atoms with Gasteiger partial charge in [0, 0.05) is 13.1 Å². The first-order chi connectivity index (χ1) is 8.27. The lowest BCUT2D eigenvalue weighted by Crippen LogP contribution is -2.51. The van der Waals surface area contributed by atoms with Gasteiger partial charge in [-0.25, -0.2) is 4.79 Å². The fourth-order valence-electron chi connectivity index (χ4n) is 2.40. The summed E-state index contributed by atoms with van der Waals surface area (Å²) in [5.41, 5.74) is 0. The van der Waals surface area contributed by atoms with Crippen molar-refractivity contribution in [3.05, 3.63) is 12.2 Å². The maximum Gasteiger partial charge on any atom is 0.317 e. The summed E-state index contributed by atoms with van der Waals surface area (Å²) in [7, 11) is 0. The second-order valence-corrected chi connectivity index (χ2v) is 4.95. The number of allylic oxidation sites excluding steroid dienone is 2. The molecule has 17 heavy (non-hydrogen) atoms. The Morgan fingerprint density at radius 1 is 1.53 bits per heavy atom. The summed E-state index contributed by atoms with van der Waals surface area (Å²) in [6.45, 7) is 4.84. The molecule has 2 amide bonds. The van der Waals surface area contributed by atoms with Gasteiger partial charge in [-0.3, -0.25) is 0 Å². The Morgan fingerprint density at radius 3 is 3.12 bits per heavy atom. The van der Waals surface area contributed by atoms with E-state index in [0.717, 1.165) is 19.4 Å². The molecule has 0 aromatic rings. The molecule has 2 aliphatic rings. The second-order valence-electron chi connectivity index (χ2n) is 4.95. The highest BCUT2D eigenvalue weighted by Gasteiger charge is 2.24. The van der Waals surface area contributed by atoms with Crippen molar-refractivity contribution in [1.82, 2.24) is 10.2 Å². The minimum atomic E-state index is 0.0651. The molecule has 0 aromatic carbocycles. The van der Waals surface area contributed by atoms with Crippen LogP contribution in [0.2, 0.25) is 0 Å². The van der Waals surface area contributed by atoms with Crippen LogP contribution in [0.15, 0.2) is 12.2 Å². The van der Waals surface area contributed by atoms with Crippen molar-refractivity contribution in [2.24, 2.45) is 5.92 Å². The van der Waals surface area contributed by atoms with Crippen molar-refractivity contribution in [3.8, 4) is 0 Å². The number of urea groups is 1. The number of carbonyl (C=O) groups is 1. The summed E-state index contributed by atoms with van der Waals surface area (Å²) in [6.07, 6.45) is 7.88. The molecular formula is C13H22N2O2. The van der Waals surface area contributed by atoms with Gasteiger partial charge < -0.3 is 15.0 Å². The Bertz CT molecular complexity index is 291. The molecule has 1 heterocycles. The summed E-state index contributed by atoms with van der Waals surface area (Å²) in [5, 5.41) is 3.05. The van der Waals surface area contributed by atoms with Crippen LogP contribution >= 0.6 is 0 Å². The zero-order valence-corrected chi connectivity index (χ0v) is 10.5. The molecule has 1 aliphatic heterocycles. The van der Waals surface area contributed by atoms with E-state index in [0.29, 0.717) is 25.7 Å². The topological polar surface area (TPSA) is 41.6 Å². The van der Waals surface area contributed by atoms with Crippen LogP contribution in [0.4, 0.5) is 4.79 Å². The summed E-state index contributed by atoms with van der Waals surface area (Å²) < 4.78 is 5.33. The first-order valence-corrected chi connectivity index (χ1v) is 6.54. The van der Waals surface area contributed by atoms with Gasteiger partial charge in [-0.15, -0.1) is 0 Å². The van der Waals surface area contributed by atoms with E-state index in [9.17, 15) is 4.79 Å². The molecule has 0 radical (unpaired) electrons. The molecular weight excluding hydrogens is 216 g/mol. The summed E-state index contributed by atoms with van der Waals surface area (Å²) in [4.78, 5) is 13.9. The van der Waals surface area contributed by atoms with Crippen LogP contribution in [0.3, 0.4) is 0 Å². The van der Waals surface area contributed by atoms with Crippen LogP contribution in [-0.2, 0) is 4.74 Å². The fourth-order valence-corrected chi connectivity index (χ4v) is 2.40. The highest BCUT2D eigenvalue weighted by molar-refractivity contribution is 5.74. The zero-order valence-electron chi connectivity index (χ0n) is 10.5. The van der Waals surface area contributed by atoms with Gasteiger partial charge in [-0.05, 0) is 32.1 Å². The molecule has 4 heteroatoms. The third-order valence-corrected chi connectivity index (χ3v) is 3.55. The maximum absolute atomic E-state index is 12.0. The average Bonchev–Trinajstić information content (AvgIpc) is 2.38. The lowest BCUT2D eigenvalue weighted by atomic mass is 9.94. The van der Waals surface area contributed by atoms with Crippen LogP contribution in [0.25, 0.3) is 0 Å². The standard InChI is InChI=1S/C13H22N2O2/c1-11-10-17-8-7-15(11)13(16)14-9-12-5-3-2-4-6-12/h2-3,11-12H,4-10H2,1H3,(H,14,16). The van der Waals surface area contributed by atoms with Crippen molar-refractivity contribution in [1.29, 1.82) is 0 Å². The van der Waals surface area contributed by atoms with E-state index in [4.69, 9.17) is 4.74 Å². The fraction of sp³-hybridized carbons (Fsp3) is 0.769. The third-order valence-electron chi connectivity index (χ3n) is 3.55. The molecule has 1 saturated heterocycles. The Labute approximate surface area is 103 Å². The van der Waals surface area contributed by atoms with Gasteiger partial charge in [-0.1, -0.05) is 12.2 Å². The number of rotatable bonds is 2. The quantitative estimate of drug-likeness (QED) is 0.745. The highest BCUT2D eigenvalue weighted by Crippen LogP contribution is 2.17. The average molecular weight is 238 g/mol. The van der Waals surface area contributed by atoms with E-state index in [1.54, 1.807) is 0 Å².